The molecule has 1 unspecified atom stereocenters. The van der Waals surface area contributed by atoms with E-state index in [1.54, 1.807) is 0 Å². The molecule has 1 atom stereocenters. The Bertz CT molecular complexity index is 410. The highest BCUT2D eigenvalue weighted by Crippen LogP contribution is 2.05. The Labute approximate surface area is 105 Å². The van der Waals surface area contributed by atoms with Crippen LogP contribution < -0.4 is 0 Å². The summed E-state index contributed by atoms with van der Waals surface area (Å²) in [6.07, 6.45) is -1.33. The molecule has 5 nitrogen and oxygen atoms in total. The fourth-order valence-corrected chi connectivity index (χ4v) is 1.30. The average molecular weight is 252 g/mol. The summed E-state index contributed by atoms with van der Waals surface area (Å²) in [5.74, 6) is -1.32. The van der Waals surface area contributed by atoms with Crippen molar-refractivity contribution in [2.75, 3.05) is 13.7 Å². The summed E-state index contributed by atoms with van der Waals surface area (Å²) in [6.45, 7) is 1.56. The van der Waals surface area contributed by atoms with Gasteiger partial charge >= 0.3 is 11.9 Å². The molecule has 0 fully saturated rings. The smallest absolute Gasteiger partial charge is 0.338 e. The maximum absolute atomic E-state index is 11.4. The van der Waals surface area contributed by atoms with Crippen molar-refractivity contribution in [3.8, 4) is 0 Å². The number of methoxy groups -OCH3 is 1. The second-order valence-electron chi connectivity index (χ2n) is 3.88. The first-order chi connectivity index (χ1) is 8.52. The number of carbonyl (C=O) groups excluding carboxylic acids is 2. The van der Waals surface area contributed by atoms with Crippen LogP contribution >= 0.6 is 0 Å². The van der Waals surface area contributed by atoms with E-state index in [4.69, 9.17) is 4.74 Å². The summed E-state index contributed by atoms with van der Waals surface area (Å²) in [6, 6.07) is 7.44. The van der Waals surface area contributed by atoms with E-state index in [0.29, 0.717) is 0 Å². The molecule has 1 aromatic carbocycles. The minimum absolute atomic E-state index is 0.105. The number of aliphatic hydroxyl groups is 1. The Balaban J connectivity index is 2.38. The minimum atomic E-state index is -1.43. The topological polar surface area (TPSA) is 72.8 Å². The van der Waals surface area contributed by atoms with Gasteiger partial charge in [0.15, 0.2) is 6.10 Å². The van der Waals surface area contributed by atoms with Gasteiger partial charge < -0.3 is 14.6 Å². The standard InChI is InChI=1S/C13H16O5/c1-9-3-5-10(6-4-9)7-12(15)18-8-11(14)13(16)17-2/h3-6,11,14H,7-8H2,1-2H3. The van der Waals surface area contributed by atoms with Gasteiger partial charge in [-0.25, -0.2) is 4.79 Å². The van der Waals surface area contributed by atoms with Gasteiger partial charge in [-0.15, -0.1) is 0 Å². The van der Waals surface area contributed by atoms with Gasteiger partial charge in [0.05, 0.1) is 13.5 Å². The van der Waals surface area contributed by atoms with Gasteiger partial charge in [-0.3, -0.25) is 4.79 Å². The molecule has 0 aliphatic carbocycles. The lowest BCUT2D eigenvalue weighted by atomic mass is 10.1. The normalized spacial score (nSPS) is 11.7. The monoisotopic (exact) mass is 252 g/mol. The van der Waals surface area contributed by atoms with E-state index in [1.165, 1.54) is 0 Å². The van der Waals surface area contributed by atoms with Crippen molar-refractivity contribution in [1.82, 2.24) is 0 Å². The van der Waals surface area contributed by atoms with Crippen LogP contribution in [0.3, 0.4) is 0 Å². The number of benzene rings is 1. The van der Waals surface area contributed by atoms with E-state index in [0.717, 1.165) is 18.2 Å². The molecule has 0 bridgehead atoms. The lowest BCUT2D eigenvalue weighted by Crippen LogP contribution is -2.28. The molecule has 1 N–H and O–H groups in total. The molecule has 0 saturated heterocycles. The molecule has 0 aliphatic heterocycles. The van der Waals surface area contributed by atoms with E-state index in [1.807, 2.05) is 31.2 Å². The molecule has 5 heteroatoms. The van der Waals surface area contributed by atoms with Gasteiger partial charge in [-0.2, -0.15) is 0 Å². The van der Waals surface area contributed by atoms with E-state index in [2.05, 4.69) is 4.74 Å². The van der Waals surface area contributed by atoms with Crippen LogP contribution in [0.1, 0.15) is 11.1 Å². The summed E-state index contributed by atoms with van der Waals surface area (Å²) in [4.78, 5) is 22.3. The summed E-state index contributed by atoms with van der Waals surface area (Å²) >= 11 is 0. The number of hydrogen-bond acceptors (Lipinski definition) is 5. The van der Waals surface area contributed by atoms with Crippen LogP contribution in [0.5, 0.6) is 0 Å². The van der Waals surface area contributed by atoms with Crippen LogP contribution in [0, 0.1) is 6.92 Å². The van der Waals surface area contributed by atoms with Crippen molar-refractivity contribution >= 4 is 11.9 Å². The highest BCUT2D eigenvalue weighted by atomic mass is 16.6. The number of esters is 2. The summed E-state index contributed by atoms with van der Waals surface area (Å²) in [5.41, 5.74) is 1.92. The number of ether oxygens (including phenoxy) is 2. The van der Waals surface area contributed by atoms with E-state index >= 15 is 0 Å². The molecule has 0 aromatic heterocycles. The molecule has 0 spiro atoms. The van der Waals surface area contributed by atoms with Crippen molar-refractivity contribution in [2.45, 2.75) is 19.4 Å². The van der Waals surface area contributed by atoms with E-state index in [-0.39, 0.29) is 6.42 Å². The molecular weight excluding hydrogens is 236 g/mol. The van der Waals surface area contributed by atoms with Crippen LogP contribution in [0.2, 0.25) is 0 Å². The fourth-order valence-electron chi connectivity index (χ4n) is 1.30. The number of hydrogen-bond donors (Lipinski definition) is 1. The molecule has 0 aliphatic rings. The first-order valence-corrected chi connectivity index (χ1v) is 5.50. The highest BCUT2D eigenvalue weighted by Gasteiger charge is 2.17. The Morgan fingerprint density at radius 2 is 1.89 bits per heavy atom. The Morgan fingerprint density at radius 1 is 1.28 bits per heavy atom. The zero-order valence-corrected chi connectivity index (χ0v) is 10.4. The van der Waals surface area contributed by atoms with Crippen LogP contribution in [0.25, 0.3) is 0 Å². The minimum Gasteiger partial charge on any atom is -0.467 e. The van der Waals surface area contributed by atoms with E-state index in [9.17, 15) is 14.7 Å². The quantitative estimate of drug-likeness (QED) is 0.777. The van der Waals surface area contributed by atoms with Gasteiger partial charge in [-0.05, 0) is 12.5 Å². The zero-order chi connectivity index (χ0) is 13.5. The van der Waals surface area contributed by atoms with Crippen molar-refractivity contribution < 1.29 is 24.2 Å². The molecule has 1 aromatic rings. The van der Waals surface area contributed by atoms with E-state index < -0.39 is 24.6 Å². The zero-order valence-electron chi connectivity index (χ0n) is 10.4. The maximum Gasteiger partial charge on any atom is 0.338 e. The van der Waals surface area contributed by atoms with Crippen LogP contribution in [0.15, 0.2) is 24.3 Å². The maximum atomic E-state index is 11.4. The SMILES string of the molecule is COC(=O)C(O)COC(=O)Cc1ccc(C)cc1. The highest BCUT2D eigenvalue weighted by molar-refractivity contribution is 5.76. The van der Waals surface area contributed by atoms with Gasteiger partial charge in [0.1, 0.15) is 6.61 Å². The Morgan fingerprint density at radius 3 is 2.44 bits per heavy atom. The molecule has 0 heterocycles. The molecule has 0 radical (unpaired) electrons. The van der Waals surface area contributed by atoms with Crippen LogP contribution in [0.4, 0.5) is 0 Å². The average Bonchev–Trinajstić information content (AvgIpc) is 2.37. The number of aryl methyl sites for hydroxylation is 1. The third-order valence-electron chi connectivity index (χ3n) is 2.34. The predicted molar refractivity (Wildman–Crippen MR) is 63.9 cm³/mol. The molecule has 1 rings (SSSR count). The third-order valence-corrected chi connectivity index (χ3v) is 2.34. The van der Waals surface area contributed by atoms with Crippen LogP contribution in [-0.4, -0.2) is 36.9 Å². The van der Waals surface area contributed by atoms with Gasteiger partial charge in [0.25, 0.3) is 0 Å². The summed E-state index contributed by atoms with van der Waals surface area (Å²) in [7, 11) is 1.15. The second-order valence-corrected chi connectivity index (χ2v) is 3.88. The molecule has 0 saturated carbocycles. The number of aliphatic hydroxyl groups excluding tert-OH is 1. The van der Waals surface area contributed by atoms with Gasteiger partial charge in [0.2, 0.25) is 0 Å². The third kappa shape index (κ3) is 4.55. The molecule has 98 valence electrons. The van der Waals surface area contributed by atoms with Crippen molar-refractivity contribution in [1.29, 1.82) is 0 Å². The number of carbonyl (C=O) groups is 2. The summed E-state index contributed by atoms with van der Waals surface area (Å²) < 4.78 is 9.07. The largest absolute Gasteiger partial charge is 0.467 e. The lowest BCUT2D eigenvalue weighted by molar-refractivity contribution is -0.158. The predicted octanol–water partition coefficient (Wildman–Crippen LogP) is 0.615. The first kappa shape index (κ1) is 14.2. The van der Waals surface area contributed by atoms with Gasteiger partial charge in [0, 0.05) is 0 Å². The van der Waals surface area contributed by atoms with Gasteiger partial charge in [-0.1, -0.05) is 29.8 Å². The number of rotatable bonds is 5. The van der Waals surface area contributed by atoms with Crippen molar-refractivity contribution in [3.63, 3.8) is 0 Å². The Kier molecular flexibility index (Phi) is 5.32. The van der Waals surface area contributed by atoms with Crippen molar-refractivity contribution in [2.24, 2.45) is 0 Å². The molecule has 18 heavy (non-hydrogen) atoms. The van der Waals surface area contributed by atoms with Crippen molar-refractivity contribution in [3.05, 3.63) is 35.4 Å². The fraction of sp³-hybridized carbons (Fsp3) is 0.385. The summed E-state index contributed by atoms with van der Waals surface area (Å²) in [5, 5.41) is 9.22. The molecule has 0 amide bonds. The second kappa shape index (κ2) is 6.76. The lowest BCUT2D eigenvalue weighted by Gasteiger charge is -2.09. The Hall–Kier alpha value is -1.88. The van der Waals surface area contributed by atoms with Crippen LogP contribution in [-0.2, 0) is 25.5 Å². The first-order valence-electron chi connectivity index (χ1n) is 5.50. The molecular formula is C13H16O5.